The molecule has 1 N–H and O–H groups in total. The molecule has 0 aromatic heterocycles. The van der Waals surface area contributed by atoms with Crippen LogP contribution in [0.2, 0.25) is 5.02 Å². The van der Waals surface area contributed by atoms with Crippen molar-refractivity contribution in [3.05, 3.63) is 58.9 Å². The summed E-state index contributed by atoms with van der Waals surface area (Å²) in [6.07, 6.45) is 0. The summed E-state index contributed by atoms with van der Waals surface area (Å²) in [6.45, 7) is 4.04. The zero-order valence-corrected chi connectivity index (χ0v) is 13.2. The van der Waals surface area contributed by atoms with Crippen LogP contribution in [0.4, 0.5) is 10.1 Å². The molecule has 0 aliphatic carbocycles. The van der Waals surface area contributed by atoms with Crippen molar-refractivity contribution in [1.82, 2.24) is 0 Å². The SMILES string of the molecule is CC(C)c1ccc(S(=O)(=O)Nc2ccc(Cl)cc2F)cc1. The summed E-state index contributed by atoms with van der Waals surface area (Å²) >= 11 is 5.63. The standard InChI is InChI=1S/C15H15ClFNO2S/c1-10(2)11-3-6-13(7-4-11)21(19,20)18-15-8-5-12(16)9-14(15)17/h3-10,18H,1-2H3. The van der Waals surface area contributed by atoms with Crippen molar-refractivity contribution < 1.29 is 12.8 Å². The Hall–Kier alpha value is -1.59. The molecular weight excluding hydrogens is 313 g/mol. The largest absolute Gasteiger partial charge is 0.277 e. The first-order chi connectivity index (χ1) is 9.79. The van der Waals surface area contributed by atoms with E-state index >= 15 is 0 Å². The third-order valence-electron chi connectivity index (χ3n) is 3.03. The lowest BCUT2D eigenvalue weighted by atomic mass is 10.0. The zero-order chi connectivity index (χ0) is 15.6. The molecule has 0 unspecified atom stereocenters. The van der Waals surface area contributed by atoms with Gasteiger partial charge in [0, 0.05) is 5.02 Å². The van der Waals surface area contributed by atoms with Crippen LogP contribution < -0.4 is 4.72 Å². The average molecular weight is 328 g/mol. The van der Waals surface area contributed by atoms with Crippen LogP contribution in [0.1, 0.15) is 25.3 Å². The van der Waals surface area contributed by atoms with E-state index in [-0.39, 0.29) is 15.6 Å². The molecule has 0 heterocycles. The Balaban J connectivity index is 2.29. The number of rotatable bonds is 4. The van der Waals surface area contributed by atoms with Crippen molar-refractivity contribution in [1.29, 1.82) is 0 Å². The molecule has 2 rings (SSSR count). The Labute approximate surface area is 128 Å². The number of hydrogen-bond donors (Lipinski definition) is 1. The lowest BCUT2D eigenvalue weighted by Gasteiger charge is -2.10. The molecular formula is C15H15ClFNO2S. The Bertz CT molecular complexity index is 743. The summed E-state index contributed by atoms with van der Waals surface area (Å²) in [7, 11) is -3.82. The molecule has 0 bridgehead atoms. The maximum Gasteiger partial charge on any atom is 0.261 e. The Morgan fingerprint density at radius 2 is 1.71 bits per heavy atom. The number of halogens is 2. The van der Waals surface area contributed by atoms with Crippen molar-refractivity contribution in [2.24, 2.45) is 0 Å². The summed E-state index contributed by atoms with van der Waals surface area (Å²) < 4.78 is 40.3. The number of sulfonamides is 1. The number of benzene rings is 2. The van der Waals surface area contributed by atoms with E-state index in [1.165, 1.54) is 24.3 Å². The smallest absolute Gasteiger partial charge is 0.261 e. The lowest BCUT2D eigenvalue weighted by molar-refractivity contribution is 0.598. The number of nitrogens with one attached hydrogen (secondary N) is 1. The molecule has 0 atom stereocenters. The first-order valence-corrected chi connectivity index (χ1v) is 8.23. The molecule has 2 aromatic carbocycles. The zero-order valence-electron chi connectivity index (χ0n) is 11.6. The molecule has 0 spiro atoms. The average Bonchev–Trinajstić information content (AvgIpc) is 2.42. The van der Waals surface area contributed by atoms with Gasteiger partial charge in [-0.05, 0) is 41.8 Å². The van der Waals surface area contributed by atoms with E-state index in [2.05, 4.69) is 4.72 Å². The number of hydrogen-bond acceptors (Lipinski definition) is 2. The fraction of sp³-hybridized carbons (Fsp3) is 0.200. The van der Waals surface area contributed by atoms with Crippen molar-refractivity contribution >= 4 is 27.3 Å². The van der Waals surface area contributed by atoms with Crippen LogP contribution in [-0.4, -0.2) is 8.42 Å². The molecule has 0 fully saturated rings. The summed E-state index contributed by atoms with van der Waals surface area (Å²) in [5.74, 6) is -0.409. The van der Waals surface area contributed by atoms with E-state index in [9.17, 15) is 12.8 Å². The molecule has 0 saturated heterocycles. The van der Waals surface area contributed by atoms with Gasteiger partial charge in [0.2, 0.25) is 0 Å². The first-order valence-electron chi connectivity index (χ1n) is 6.37. The van der Waals surface area contributed by atoms with Gasteiger partial charge < -0.3 is 0 Å². The fourth-order valence-corrected chi connectivity index (χ4v) is 3.03. The molecule has 6 heteroatoms. The second-order valence-electron chi connectivity index (χ2n) is 4.95. The maximum atomic E-state index is 13.7. The van der Waals surface area contributed by atoms with Gasteiger partial charge in [-0.25, -0.2) is 12.8 Å². The van der Waals surface area contributed by atoms with Crippen molar-refractivity contribution in [2.45, 2.75) is 24.7 Å². The molecule has 2 aromatic rings. The highest BCUT2D eigenvalue weighted by molar-refractivity contribution is 7.92. The summed E-state index contributed by atoms with van der Waals surface area (Å²) in [6, 6.07) is 10.3. The summed E-state index contributed by atoms with van der Waals surface area (Å²) in [5.41, 5.74) is 0.902. The topological polar surface area (TPSA) is 46.2 Å². The van der Waals surface area contributed by atoms with Gasteiger partial charge in [-0.15, -0.1) is 0 Å². The minimum atomic E-state index is -3.82. The minimum absolute atomic E-state index is 0.0845. The first kappa shape index (κ1) is 15.8. The van der Waals surface area contributed by atoms with Crippen LogP contribution in [-0.2, 0) is 10.0 Å². The second kappa shape index (κ2) is 6.03. The van der Waals surface area contributed by atoms with E-state index in [4.69, 9.17) is 11.6 Å². The normalized spacial score (nSPS) is 11.7. The van der Waals surface area contributed by atoms with Gasteiger partial charge in [-0.1, -0.05) is 37.6 Å². The molecule has 0 aliphatic heterocycles. The van der Waals surface area contributed by atoms with Gasteiger partial charge >= 0.3 is 0 Å². The van der Waals surface area contributed by atoms with Crippen molar-refractivity contribution in [2.75, 3.05) is 4.72 Å². The third-order valence-corrected chi connectivity index (χ3v) is 4.65. The molecule has 0 aliphatic rings. The third kappa shape index (κ3) is 3.74. The molecule has 3 nitrogen and oxygen atoms in total. The van der Waals surface area contributed by atoms with E-state index in [0.717, 1.165) is 11.6 Å². The minimum Gasteiger partial charge on any atom is -0.277 e. The highest BCUT2D eigenvalue weighted by atomic mass is 35.5. The number of anilines is 1. The van der Waals surface area contributed by atoms with Crippen LogP contribution >= 0.6 is 11.6 Å². The Morgan fingerprint density at radius 1 is 1.10 bits per heavy atom. The molecule has 0 amide bonds. The van der Waals surface area contributed by atoms with Gasteiger partial charge in [0.05, 0.1) is 10.6 Å². The van der Waals surface area contributed by atoms with E-state index in [1.54, 1.807) is 12.1 Å². The fourth-order valence-electron chi connectivity index (χ4n) is 1.81. The summed E-state index contributed by atoms with van der Waals surface area (Å²) in [4.78, 5) is 0.0845. The molecule has 0 radical (unpaired) electrons. The highest BCUT2D eigenvalue weighted by Gasteiger charge is 2.16. The van der Waals surface area contributed by atoms with Gasteiger partial charge in [0.1, 0.15) is 5.82 Å². The van der Waals surface area contributed by atoms with E-state index < -0.39 is 15.8 Å². The van der Waals surface area contributed by atoms with Crippen molar-refractivity contribution in [3.63, 3.8) is 0 Å². The van der Waals surface area contributed by atoms with Crippen LogP contribution in [0.5, 0.6) is 0 Å². The summed E-state index contributed by atoms with van der Waals surface area (Å²) in [5, 5.41) is 0.205. The predicted octanol–water partition coefficient (Wildman–Crippen LogP) is 4.40. The van der Waals surface area contributed by atoms with Crippen LogP contribution in [0.3, 0.4) is 0 Å². The van der Waals surface area contributed by atoms with Gasteiger partial charge in [0.25, 0.3) is 10.0 Å². The van der Waals surface area contributed by atoms with Crippen molar-refractivity contribution in [3.8, 4) is 0 Å². The Morgan fingerprint density at radius 3 is 2.24 bits per heavy atom. The maximum absolute atomic E-state index is 13.7. The van der Waals surface area contributed by atoms with E-state index in [1.807, 2.05) is 13.8 Å². The second-order valence-corrected chi connectivity index (χ2v) is 7.07. The van der Waals surface area contributed by atoms with Gasteiger partial charge in [-0.3, -0.25) is 4.72 Å². The lowest BCUT2D eigenvalue weighted by Crippen LogP contribution is -2.14. The molecule has 21 heavy (non-hydrogen) atoms. The quantitative estimate of drug-likeness (QED) is 0.904. The van der Waals surface area contributed by atoms with Crippen LogP contribution in [0, 0.1) is 5.82 Å². The van der Waals surface area contributed by atoms with Gasteiger partial charge in [0.15, 0.2) is 0 Å². The van der Waals surface area contributed by atoms with Crippen LogP contribution in [0.15, 0.2) is 47.4 Å². The highest BCUT2D eigenvalue weighted by Crippen LogP contribution is 2.23. The Kier molecular flexibility index (Phi) is 4.54. The van der Waals surface area contributed by atoms with E-state index in [0.29, 0.717) is 5.92 Å². The predicted molar refractivity (Wildman–Crippen MR) is 82.7 cm³/mol. The molecule has 0 saturated carbocycles. The van der Waals surface area contributed by atoms with Gasteiger partial charge in [-0.2, -0.15) is 0 Å². The van der Waals surface area contributed by atoms with Crippen LogP contribution in [0.25, 0.3) is 0 Å². The molecule has 112 valence electrons. The monoisotopic (exact) mass is 327 g/mol.